The molecule has 74 heavy (non-hydrogen) atoms. The molecule has 0 saturated heterocycles. The van der Waals surface area contributed by atoms with Crippen LogP contribution in [0.5, 0.6) is 0 Å². The number of anilines is 2. The van der Waals surface area contributed by atoms with Crippen LogP contribution >= 0.6 is 0 Å². The molecule has 2 atom stereocenters. The number of para-hydroxylation sites is 2. The topological polar surface area (TPSA) is 3.24 Å². The summed E-state index contributed by atoms with van der Waals surface area (Å²) in [6, 6.07) is 92.6. The average molecular weight is 948 g/mol. The van der Waals surface area contributed by atoms with Gasteiger partial charge in [-0.25, -0.2) is 0 Å². The molecule has 0 aromatic heterocycles. The Hall–Kier alpha value is -8.78. The molecule has 3 aliphatic rings. The molecule has 354 valence electrons. The summed E-state index contributed by atoms with van der Waals surface area (Å²) in [5.74, 6) is 0.568. The van der Waals surface area contributed by atoms with Crippen molar-refractivity contribution in [1.82, 2.24) is 0 Å². The van der Waals surface area contributed by atoms with Gasteiger partial charge < -0.3 is 4.90 Å². The van der Waals surface area contributed by atoms with Crippen LogP contribution in [-0.2, 0) is 5.41 Å². The molecular weight excluding hydrogens is 891 g/mol. The van der Waals surface area contributed by atoms with Gasteiger partial charge in [0.1, 0.15) is 0 Å². The van der Waals surface area contributed by atoms with Crippen LogP contribution in [0, 0.1) is 11.8 Å². The smallest absolute Gasteiger partial charge is 0.0713 e. The van der Waals surface area contributed by atoms with E-state index in [1.165, 1.54) is 106 Å². The number of hydrogen-bond donors (Lipinski definition) is 0. The van der Waals surface area contributed by atoms with Crippen molar-refractivity contribution < 1.29 is 0 Å². The van der Waals surface area contributed by atoms with Crippen molar-refractivity contribution in [3.8, 4) is 44.5 Å². The zero-order chi connectivity index (χ0) is 49.6. The minimum absolute atomic E-state index is 0.152. The second kappa shape index (κ2) is 19.0. The summed E-state index contributed by atoms with van der Waals surface area (Å²) >= 11 is 0. The first kappa shape index (κ1) is 45.1. The van der Waals surface area contributed by atoms with Gasteiger partial charge >= 0.3 is 0 Å². The Kier molecular flexibility index (Phi) is 11.6. The fourth-order valence-electron chi connectivity index (χ4n) is 12.7. The molecule has 1 nitrogen and oxygen atoms in total. The Balaban J connectivity index is 1.11. The summed E-state index contributed by atoms with van der Waals surface area (Å²) in [4.78, 5) is 2.68. The van der Waals surface area contributed by atoms with E-state index >= 15 is 0 Å². The molecule has 0 spiro atoms. The molecule has 0 saturated carbocycles. The van der Waals surface area contributed by atoms with Crippen LogP contribution in [0.2, 0.25) is 0 Å². The van der Waals surface area contributed by atoms with E-state index in [9.17, 15) is 0 Å². The molecule has 0 fully saturated rings. The minimum Gasteiger partial charge on any atom is -0.312 e. The lowest BCUT2D eigenvalue weighted by Crippen LogP contribution is -2.28. The SMILES string of the molecule is CC1C=CC=C(C2=C(N(c3ccccc3-c3ccc4c(c3)C(c3ccccc3)(c3ccccc3)c3ccccc3-4)c3ccccc3-c3cccc4cccc(-c5ccccc5)c34)C(C)CC(c3ccccc3)=C2)C1. The van der Waals surface area contributed by atoms with Gasteiger partial charge in [0, 0.05) is 22.7 Å². The van der Waals surface area contributed by atoms with Gasteiger partial charge in [0.2, 0.25) is 0 Å². The number of fused-ring (bicyclic) bond motifs is 4. The second-order valence-electron chi connectivity index (χ2n) is 20.4. The molecule has 0 aliphatic heterocycles. The summed E-state index contributed by atoms with van der Waals surface area (Å²) in [7, 11) is 0. The van der Waals surface area contributed by atoms with E-state index in [4.69, 9.17) is 0 Å². The van der Waals surface area contributed by atoms with Gasteiger partial charge in [-0.2, -0.15) is 0 Å². The molecule has 3 aliphatic carbocycles. The van der Waals surface area contributed by atoms with Gasteiger partial charge in [0.15, 0.2) is 0 Å². The van der Waals surface area contributed by atoms with E-state index in [2.05, 4.69) is 292 Å². The Morgan fingerprint density at radius 2 is 0.946 bits per heavy atom. The zero-order valence-corrected chi connectivity index (χ0v) is 42.0. The molecule has 10 aromatic carbocycles. The molecule has 0 N–H and O–H groups in total. The lowest BCUT2D eigenvalue weighted by molar-refractivity contribution is 0.661. The van der Waals surface area contributed by atoms with Crippen LogP contribution in [0.3, 0.4) is 0 Å². The monoisotopic (exact) mass is 947 g/mol. The van der Waals surface area contributed by atoms with Gasteiger partial charge in [-0.1, -0.05) is 263 Å². The van der Waals surface area contributed by atoms with Gasteiger partial charge in [-0.15, -0.1) is 0 Å². The van der Waals surface area contributed by atoms with Crippen LogP contribution in [0.4, 0.5) is 11.4 Å². The highest BCUT2D eigenvalue weighted by Crippen LogP contribution is 2.58. The second-order valence-corrected chi connectivity index (χ2v) is 20.4. The first-order valence-corrected chi connectivity index (χ1v) is 26.4. The van der Waals surface area contributed by atoms with Gasteiger partial charge in [-0.3, -0.25) is 0 Å². The highest BCUT2D eigenvalue weighted by molar-refractivity contribution is 6.09. The molecule has 0 heterocycles. The number of nitrogens with zero attached hydrogens (tertiary/aromatic N) is 1. The van der Waals surface area contributed by atoms with Crippen molar-refractivity contribution in [3.63, 3.8) is 0 Å². The van der Waals surface area contributed by atoms with Crippen LogP contribution in [0.15, 0.2) is 290 Å². The van der Waals surface area contributed by atoms with E-state index in [-0.39, 0.29) is 5.92 Å². The molecule has 13 rings (SSSR count). The normalized spacial score (nSPS) is 16.6. The molecule has 10 aromatic rings. The van der Waals surface area contributed by atoms with E-state index in [1.54, 1.807) is 0 Å². The standard InChI is InChI=1S/C73H57N/c1-50-24-21-31-55(46-50)66-48-57(52-25-7-3-8-26-52)47-51(2)72(66)74(70-43-20-17-38-64(70)65-40-23-30-54-29-22-39-61(71(54)65)53-27-9-4-10-28-53)69-42-19-16-36-60(69)56-44-45-63-62-37-15-18-41-67(62)73(68(63)49-56,58-32-11-5-12-33-58)59-34-13-6-14-35-59/h3-45,48-51H,46-47H2,1-2H3. The van der Waals surface area contributed by atoms with E-state index in [0.717, 1.165) is 24.2 Å². The van der Waals surface area contributed by atoms with Crippen molar-refractivity contribution >= 4 is 27.7 Å². The van der Waals surface area contributed by atoms with Crippen molar-refractivity contribution in [2.24, 2.45) is 11.8 Å². The predicted molar refractivity (Wildman–Crippen MR) is 312 cm³/mol. The number of benzene rings is 10. The molecular formula is C73H57N. The third kappa shape index (κ3) is 7.62. The van der Waals surface area contributed by atoms with Crippen LogP contribution in [0.1, 0.15) is 54.5 Å². The summed E-state index contributed by atoms with van der Waals surface area (Å²) < 4.78 is 0. The van der Waals surface area contributed by atoms with Crippen LogP contribution in [-0.4, -0.2) is 0 Å². The van der Waals surface area contributed by atoms with Crippen molar-refractivity contribution in [1.29, 1.82) is 0 Å². The molecule has 1 heteroatoms. The molecule has 2 unspecified atom stereocenters. The minimum atomic E-state index is -0.527. The summed E-state index contributed by atoms with van der Waals surface area (Å²) in [5.41, 5.74) is 23.3. The maximum absolute atomic E-state index is 2.68. The van der Waals surface area contributed by atoms with Gasteiger partial charge in [-0.05, 0) is 132 Å². The number of allylic oxidation sites excluding steroid dienone is 8. The first-order valence-electron chi connectivity index (χ1n) is 26.4. The van der Waals surface area contributed by atoms with Crippen molar-refractivity contribution in [2.45, 2.75) is 32.1 Å². The summed E-state index contributed by atoms with van der Waals surface area (Å²) in [5, 5.41) is 2.48. The van der Waals surface area contributed by atoms with E-state index in [0.29, 0.717) is 5.92 Å². The highest BCUT2D eigenvalue weighted by atomic mass is 15.2. The van der Waals surface area contributed by atoms with E-state index in [1.807, 2.05) is 0 Å². The molecule has 0 radical (unpaired) electrons. The van der Waals surface area contributed by atoms with Crippen molar-refractivity contribution in [3.05, 3.63) is 318 Å². The number of hydrogen-bond acceptors (Lipinski definition) is 1. The van der Waals surface area contributed by atoms with E-state index < -0.39 is 5.41 Å². The fourth-order valence-corrected chi connectivity index (χ4v) is 12.7. The Bertz CT molecular complexity index is 3810. The third-order valence-corrected chi connectivity index (χ3v) is 15.9. The van der Waals surface area contributed by atoms with Gasteiger partial charge in [0.05, 0.1) is 16.8 Å². The number of rotatable bonds is 10. The molecule has 0 bridgehead atoms. The Morgan fingerprint density at radius 1 is 0.405 bits per heavy atom. The van der Waals surface area contributed by atoms with Crippen molar-refractivity contribution in [2.75, 3.05) is 4.90 Å². The summed E-state index contributed by atoms with van der Waals surface area (Å²) in [6.45, 7) is 4.81. The Labute approximate surface area is 436 Å². The van der Waals surface area contributed by atoms with Crippen LogP contribution < -0.4 is 4.90 Å². The lowest BCUT2D eigenvalue weighted by Gasteiger charge is -2.39. The highest BCUT2D eigenvalue weighted by Gasteiger charge is 2.46. The lowest BCUT2D eigenvalue weighted by atomic mass is 9.67. The third-order valence-electron chi connectivity index (χ3n) is 15.9. The first-order chi connectivity index (χ1) is 36.6. The van der Waals surface area contributed by atoms with Gasteiger partial charge in [0.25, 0.3) is 0 Å². The largest absolute Gasteiger partial charge is 0.312 e. The average Bonchev–Trinajstić information content (AvgIpc) is 3.77. The fraction of sp³-hybridized carbons (Fsp3) is 0.0959. The maximum Gasteiger partial charge on any atom is 0.0713 e. The maximum atomic E-state index is 2.68. The van der Waals surface area contributed by atoms with Crippen LogP contribution in [0.25, 0.3) is 60.9 Å². The Morgan fingerprint density at radius 3 is 1.62 bits per heavy atom. The summed E-state index contributed by atoms with van der Waals surface area (Å²) in [6.07, 6.45) is 11.4. The zero-order valence-electron chi connectivity index (χ0n) is 42.0. The quantitative estimate of drug-likeness (QED) is 0.132. The predicted octanol–water partition coefficient (Wildman–Crippen LogP) is 19.2. The molecule has 0 amide bonds.